The zero-order valence-electron chi connectivity index (χ0n) is 8.52. The molecule has 1 saturated heterocycles. The molecule has 0 saturated carbocycles. The van der Waals surface area contributed by atoms with Crippen LogP contribution in [0, 0.1) is 11.6 Å². The van der Waals surface area contributed by atoms with Crippen LogP contribution in [-0.2, 0) is 10.3 Å². The van der Waals surface area contributed by atoms with Crippen LogP contribution in [0.3, 0.4) is 0 Å². The van der Waals surface area contributed by atoms with Gasteiger partial charge < -0.3 is 10.1 Å². The van der Waals surface area contributed by atoms with Crippen molar-refractivity contribution in [3.63, 3.8) is 0 Å². The number of rotatable bonds is 1. The Morgan fingerprint density at radius 3 is 2.87 bits per heavy atom. The monoisotopic (exact) mass is 213 g/mol. The van der Waals surface area contributed by atoms with E-state index in [2.05, 4.69) is 5.32 Å². The van der Waals surface area contributed by atoms with Crippen LogP contribution < -0.4 is 5.32 Å². The molecule has 0 aliphatic carbocycles. The molecule has 1 aromatic carbocycles. The molecule has 82 valence electrons. The quantitative estimate of drug-likeness (QED) is 0.768. The van der Waals surface area contributed by atoms with Crippen LogP contribution in [0.1, 0.15) is 12.5 Å². The van der Waals surface area contributed by atoms with Crippen molar-refractivity contribution in [1.29, 1.82) is 0 Å². The normalized spacial score (nSPS) is 26.6. The first-order valence-corrected chi connectivity index (χ1v) is 4.92. The molecule has 1 heterocycles. The van der Waals surface area contributed by atoms with Crippen LogP contribution in [0.15, 0.2) is 18.2 Å². The molecule has 2 nitrogen and oxygen atoms in total. The van der Waals surface area contributed by atoms with Gasteiger partial charge in [-0.2, -0.15) is 0 Å². The second kappa shape index (κ2) is 3.87. The van der Waals surface area contributed by atoms with Gasteiger partial charge in [-0.05, 0) is 25.1 Å². The number of halogens is 2. The summed E-state index contributed by atoms with van der Waals surface area (Å²) < 4.78 is 32.1. The molecule has 1 unspecified atom stereocenters. The Labute approximate surface area is 87.2 Å². The fourth-order valence-corrected chi connectivity index (χ4v) is 1.80. The zero-order valence-corrected chi connectivity index (χ0v) is 8.52. The van der Waals surface area contributed by atoms with E-state index in [-0.39, 0.29) is 5.56 Å². The maximum absolute atomic E-state index is 13.5. The smallest absolute Gasteiger partial charge is 0.129 e. The van der Waals surface area contributed by atoms with Crippen molar-refractivity contribution in [3.8, 4) is 0 Å². The van der Waals surface area contributed by atoms with Crippen molar-refractivity contribution in [3.05, 3.63) is 35.4 Å². The van der Waals surface area contributed by atoms with Crippen LogP contribution >= 0.6 is 0 Å². The summed E-state index contributed by atoms with van der Waals surface area (Å²) in [6, 6.07) is 3.44. The number of hydrogen-bond donors (Lipinski definition) is 1. The van der Waals surface area contributed by atoms with E-state index in [9.17, 15) is 8.78 Å². The minimum atomic E-state index is -0.773. The molecule has 1 fully saturated rings. The maximum atomic E-state index is 13.5. The molecule has 0 radical (unpaired) electrons. The number of hydrogen-bond acceptors (Lipinski definition) is 2. The van der Waals surface area contributed by atoms with Gasteiger partial charge in [0, 0.05) is 18.7 Å². The Balaban J connectivity index is 2.38. The van der Waals surface area contributed by atoms with Crippen molar-refractivity contribution in [2.45, 2.75) is 12.5 Å². The van der Waals surface area contributed by atoms with Crippen molar-refractivity contribution in [1.82, 2.24) is 5.32 Å². The fraction of sp³-hybridized carbons (Fsp3) is 0.455. The first-order chi connectivity index (χ1) is 7.12. The van der Waals surface area contributed by atoms with Gasteiger partial charge in [0.2, 0.25) is 0 Å². The average molecular weight is 213 g/mol. The number of benzene rings is 1. The van der Waals surface area contributed by atoms with E-state index >= 15 is 0 Å². The standard InChI is InChI=1S/C11H13F2NO/c1-11(7-14-4-5-15-11)9-6-8(12)2-3-10(9)13/h2-3,6,14H,4-5,7H2,1H3. The summed E-state index contributed by atoms with van der Waals surface area (Å²) in [5.74, 6) is -0.871. The second-order valence-electron chi connectivity index (χ2n) is 3.88. The van der Waals surface area contributed by atoms with Gasteiger partial charge in [0.05, 0.1) is 6.61 Å². The van der Waals surface area contributed by atoms with E-state index in [0.29, 0.717) is 13.2 Å². The van der Waals surface area contributed by atoms with Crippen molar-refractivity contribution < 1.29 is 13.5 Å². The highest BCUT2D eigenvalue weighted by molar-refractivity contribution is 5.25. The average Bonchev–Trinajstić information content (AvgIpc) is 2.23. The molecule has 0 amide bonds. The fourth-order valence-electron chi connectivity index (χ4n) is 1.80. The molecule has 0 bridgehead atoms. The summed E-state index contributed by atoms with van der Waals surface area (Å²) in [7, 11) is 0. The van der Waals surface area contributed by atoms with E-state index in [4.69, 9.17) is 4.74 Å². The Morgan fingerprint density at radius 1 is 1.40 bits per heavy atom. The van der Waals surface area contributed by atoms with Gasteiger partial charge in [0.25, 0.3) is 0 Å². The molecule has 0 spiro atoms. The lowest BCUT2D eigenvalue weighted by molar-refractivity contribution is -0.0595. The highest BCUT2D eigenvalue weighted by atomic mass is 19.1. The molecule has 1 aromatic rings. The van der Waals surface area contributed by atoms with Crippen LogP contribution in [0.2, 0.25) is 0 Å². The van der Waals surface area contributed by atoms with Gasteiger partial charge in [-0.1, -0.05) is 0 Å². The molecule has 0 aromatic heterocycles. The molecule has 15 heavy (non-hydrogen) atoms. The SMILES string of the molecule is CC1(c2cc(F)ccc2F)CNCCO1. The number of ether oxygens (including phenoxy) is 1. The van der Waals surface area contributed by atoms with Crippen LogP contribution in [-0.4, -0.2) is 19.7 Å². The van der Waals surface area contributed by atoms with Crippen LogP contribution in [0.25, 0.3) is 0 Å². The van der Waals surface area contributed by atoms with Gasteiger partial charge in [0.15, 0.2) is 0 Å². The predicted octanol–water partition coefficient (Wildman–Crippen LogP) is 1.80. The Kier molecular flexibility index (Phi) is 2.71. The third-order valence-electron chi connectivity index (χ3n) is 2.66. The Morgan fingerprint density at radius 2 is 2.20 bits per heavy atom. The molecule has 2 rings (SSSR count). The van der Waals surface area contributed by atoms with E-state index in [1.807, 2.05) is 0 Å². The van der Waals surface area contributed by atoms with Crippen molar-refractivity contribution in [2.75, 3.05) is 19.7 Å². The zero-order chi connectivity index (χ0) is 10.9. The summed E-state index contributed by atoms with van der Waals surface area (Å²) in [4.78, 5) is 0. The van der Waals surface area contributed by atoms with Gasteiger partial charge in [-0.25, -0.2) is 8.78 Å². The summed E-state index contributed by atoms with van der Waals surface area (Å²) in [6.07, 6.45) is 0. The lowest BCUT2D eigenvalue weighted by Gasteiger charge is -2.35. The largest absolute Gasteiger partial charge is 0.368 e. The topological polar surface area (TPSA) is 21.3 Å². The van der Waals surface area contributed by atoms with E-state index in [0.717, 1.165) is 18.7 Å². The number of nitrogens with one attached hydrogen (secondary N) is 1. The predicted molar refractivity (Wildman–Crippen MR) is 52.5 cm³/mol. The lowest BCUT2D eigenvalue weighted by atomic mass is 9.94. The Bertz CT molecular complexity index is 362. The minimum absolute atomic E-state index is 0.273. The molecule has 4 heteroatoms. The van der Waals surface area contributed by atoms with Gasteiger partial charge in [-0.15, -0.1) is 0 Å². The molecule has 1 aliphatic rings. The molecule has 1 aliphatic heterocycles. The second-order valence-corrected chi connectivity index (χ2v) is 3.88. The molecular weight excluding hydrogens is 200 g/mol. The lowest BCUT2D eigenvalue weighted by Crippen LogP contribution is -2.46. The van der Waals surface area contributed by atoms with E-state index in [1.165, 1.54) is 6.07 Å². The third-order valence-corrected chi connectivity index (χ3v) is 2.66. The molecule has 1 atom stereocenters. The van der Waals surface area contributed by atoms with Gasteiger partial charge in [0.1, 0.15) is 17.2 Å². The van der Waals surface area contributed by atoms with Crippen LogP contribution in [0.4, 0.5) is 8.78 Å². The molecular formula is C11H13F2NO. The van der Waals surface area contributed by atoms with Crippen LogP contribution in [0.5, 0.6) is 0 Å². The summed E-state index contributed by atoms with van der Waals surface area (Å²) in [5.41, 5.74) is -0.501. The maximum Gasteiger partial charge on any atom is 0.129 e. The van der Waals surface area contributed by atoms with Crippen molar-refractivity contribution >= 4 is 0 Å². The highest BCUT2D eigenvalue weighted by Crippen LogP contribution is 2.29. The minimum Gasteiger partial charge on any atom is -0.368 e. The first-order valence-electron chi connectivity index (χ1n) is 4.92. The van der Waals surface area contributed by atoms with Crippen molar-refractivity contribution in [2.24, 2.45) is 0 Å². The summed E-state index contributed by atoms with van der Waals surface area (Å²) >= 11 is 0. The molecule has 1 N–H and O–H groups in total. The first kappa shape index (κ1) is 10.5. The number of morpholine rings is 1. The van der Waals surface area contributed by atoms with Gasteiger partial charge in [-0.3, -0.25) is 0 Å². The highest BCUT2D eigenvalue weighted by Gasteiger charge is 2.32. The summed E-state index contributed by atoms with van der Waals surface area (Å²) in [5, 5.41) is 3.11. The van der Waals surface area contributed by atoms with E-state index in [1.54, 1.807) is 6.92 Å². The Hall–Kier alpha value is -1.00. The van der Waals surface area contributed by atoms with E-state index < -0.39 is 17.2 Å². The third kappa shape index (κ3) is 2.01. The summed E-state index contributed by atoms with van der Waals surface area (Å²) in [6.45, 7) is 3.50. The van der Waals surface area contributed by atoms with Gasteiger partial charge >= 0.3 is 0 Å².